The predicted molar refractivity (Wildman–Crippen MR) is 80.2 cm³/mol. The third-order valence-electron chi connectivity index (χ3n) is 2.80. The fraction of sp³-hybridized carbons (Fsp3) is 0.400. The molecule has 0 radical (unpaired) electrons. The van der Waals surface area contributed by atoms with E-state index in [9.17, 15) is 19.3 Å². The van der Waals surface area contributed by atoms with Crippen molar-refractivity contribution < 1.29 is 23.9 Å². The van der Waals surface area contributed by atoms with Crippen LogP contribution in [0.5, 0.6) is 0 Å². The van der Waals surface area contributed by atoms with Crippen LogP contribution in [0.25, 0.3) is 0 Å². The van der Waals surface area contributed by atoms with Gasteiger partial charge in [-0.15, -0.1) is 4.91 Å². The topological polar surface area (TPSA) is 111 Å². The number of rotatable bonds is 8. The molecule has 0 aliphatic heterocycles. The molecule has 0 bridgehead atoms. The minimum Gasteiger partial charge on any atom is -0.464 e. The Balaban J connectivity index is 2.92. The first-order valence-electron chi connectivity index (χ1n) is 7.06. The van der Waals surface area contributed by atoms with Crippen molar-refractivity contribution in [2.24, 2.45) is 5.18 Å². The third kappa shape index (κ3) is 5.17. The fourth-order valence-electron chi connectivity index (χ4n) is 1.78. The summed E-state index contributed by atoms with van der Waals surface area (Å²) < 4.78 is 9.46. The first-order chi connectivity index (χ1) is 11.0. The van der Waals surface area contributed by atoms with Crippen LogP contribution >= 0.6 is 0 Å². The molecule has 0 aliphatic rings. The average Bonchev–Trinajstić information content (AvgIpc) is 2.54. The summed E-state index contributed by atoms with van der Waals surface area (Å²) in [5, 5.41) is 4.91. The lowest BCUT2D eigenvalue weighted by Crippen LogP contribution is -2.49. The zero-order chi connectivity index (χ0) is 17.2. The standard InChI is InChI=1S/C15H18N2O6/c1-3-22-14(19)12(15(20)23-4-2)16-13(18)11(17-21)10-8-6-5-7-9-10/h5-9,11-12H,3-4H2,1-2H3,(H,16,18). The Morgan fingerprint density at radius 1 is 1.04 bits per heavy atom. The van der Waals surface area contributed by atoms with Crippen LogP contribution in [-0.2, 0) is 23.9 Å². The van der Waals surface area contributed by atoms with E-state index in [0.717, 1.165) is 0 Å². The van der Waals surface area contributed by atoms with E-state index < -0.39 is 29.9 Å². The molecule has 23 heavy (non-hydrogen) atoms. The first kappa shape index (κ1) is 18.3. The van der Waals surface area contributed by atoms with Crippen LogP contribution < -0.4 is 5.32 Å². The normalized spacial score (nSPS) is 11.4. The van der Waals surface area contributed by atoms with Crippen molar-refractivity contribution in [2.45, 2.75) is 25.9 Å². The van der Waals surface area contributed by atoms with E-state index in [4.69, 9.17) is 9.47 Å². The monoisotopic (exact) mass is 322 g/mol. The molecule has 1 N–H and O–H groups in total. The Morgan fingerprint density at radius 3 is 2.00 bits per heavy atom. The number of amides is 1. The van der Waals surface area contributed by atoms with Gasteiger partial charge in [0.05, 0.1) is 13.2 Å². The summed E-state index contributed by atoms with van der Waals surface area (Å²) in [6.45, 7) is 3.17. The number of ether oxygens (including phenoxy) is 2. The lowest BCUT2D eigenvalue weighted by Gasteiger charge is -2.17. The smallest absolute Gasteiger partial charge is 0.340 e. The molecule has 1 rings (SSSR count). The molecule has 1 aromatic rings. The zero-order valence-corrected chi connectivity index (χ0v) is 12.9. The number of nitrogens with one attached hydrogen (secondary N) is 1. The van der Waals surface area contributed by atoms with Gasteiger partial charge in [0.25, 0.3) is 5.91 Å². The summed E-state index contributed by atoms with van der Waals surface area (Å²) >= 11 is 0. The van der Waals surface area contributed by atoms with Crippen LogP contribution in [0.2, 0.25) is 0 Å². The molecule has 0 saturated carbocycles. The lowest BCUT2D eigenvalue weighted by atomic mass is 10.1. The summed E-state index contributed by atoms with van der Waals surface area (Å²) in [4.78, 5) is 46.8. The van der Waals surface area contributed by atoms with E-state index >= 15 is 0 Å². The van der Waals surface area contributed by atoms with Gasteiger partial charge in [-0.1, -0.05) is 35.5 Å². The molecule has 0 heterocycles. The van der Waals surface area contributed by atoms with Crippen molar-refractivity contribution in [3.63, 3.8) is 0 Å². The van der Waals surface area contributed by atoms with Gasteiger partial charge in [-0.2, -0.15) is 0 Å². The lowest BCUT2D eigenvalue weighted by molar-refractivity contribution is -0.159. The van der Waals surface area contributed by atoms with Gasteiger partial charge >= 0.3 is 11.9 Å². The fourth-order valence-corrected chi connectivity index (χ4v) is 1.78. The largest absolute Gasteiger partial charge is 0.464 e. The zero-order valence-electron chi connectivity index (χ0n) is 12.9. The molecule has 0 spiro atoms. The van der Waals surface area contributed by atoms with Crippen molar-refractivity contribution in [2.75, 3.05) is 13.2 Å². The highest BCUT2D eigenvalue weighted by molar-refractivity contribution is 6.03. The van der Waals surface area contributed by atoms with Crippen LogP contribution in [0.3, 0.4) is 0 Å². The van der Waals surface area contributed by atoms with E-state index in [1.807, 2.05) is 0 Å². The van der Waals surface area contributed by atoms with Gasteiger partial charge in [0, 0.05) is 0 Å². The molecule has 8 heteroatoms. The summed E-state index contributed by atoms with van der Waals surface area (Å²) in [5.74, 6) is -2.81. The maximum atomic E-state index is 12.2. The Morgan fingerprint density at radius 2 is 1.57 bits per heavy atom. The molecule has 1 unspecified atom stereocenters. The van der Waals surface area contributed by atoms with Gasteiger partial charge in [-0.3, -0.25) is 4.79 Å². The van der Waals surface area contributed by atoms with Crippen molar-refractivity contribution >= 4 is 17.8 Å². The van der Waals surface area contributed by atoms with Gasteiger partial charge in [-0.25, -0.2) is 9.59 Å². The van der Waals surface area contributed by atoms with E-state index in [0.29, 0.717) is 5.56 Å². The number of hydrogen-bond acceptors (Lipinski definition) is 7. The van der Waals surface area contributed by atoms with Gasteiger partial charge in [-0.05, 0) is 19.4 Å². The van der Waals surface area contributed by atoms with E-state index in [1.54, 1.807) is 32.0 Å². The Hall–Kier alpha value is -2.77. The summed E-state index contributed by atoms with van der Waals surface area (Å²) in [5.41, 5.74) is 0.339. The molecule has 0 saturated heterocycles. The van der Waals surface area contributed by atoms with Gasteiger partial charge in [0.1, 0.15) is 0 Å². The highest BCUT2D eigenvalue weighted by atomic mass is 16.6. The second-order valence-corrected chi connectivity index (χ2v) is 4.36. The van der Waals surface area contributed by atoms with Crippen LogP contribution in [0, 0.1) is 4.91 Å². The second-order valence-electron chi connectivity index (χ2n) is 4.36. The predicted octanol–water partition coefficient (Wildman–Crippen LogP) is 1.11. The molecule has 1 aromatic carbocycles. The van der Waals surface area contributed by atoms with E-state index in [-0.39, 0.29) is 13.2 Å². The van der Waals surface area contributed by atoms with Crippen LogP contribution in [0.1, 0.15) is 25.5 Å². The van der Waals surface area contributed by atoms with Gasteiger partial charge in [0.2, 0.25) is 6.04 Å². The van der Waals surface area contributed by atoms with Crippen LogP contribution in [0.15, 0.2) is 35.5 Å². The number of benzene rings is 1. The Bertz CT molecular complexity index is 542. The highest BCUT2D eigenvalue weighted by Gasteiger charge is 2.34. The molecule has 8 nitrogen and oxygen atoms in total. The number of carbonyl (C=O) groups excluding carboxylic acids is 3. The molecular formula is C15H18N2O6. The first-order valence-corrected chi connectivity index (χ1v) is 7.06. The summed E-state index contributed by atoms with van der Waals surface area (Å²) in [7, 11) is 0. The maximum Gasteiger partial charge on any atom is 0.340 e. The van der Waals surface area contributed by atoms with Crippen molar-refractivity contribution in [3.8, 4) is 0 Å². The molecule has 1 atom stereocenters. The maximum absolute atomic E-state index is 12.2. The molecule has 0 aromatic heterocycles. The number of nitroso groups, excluding NO2 is 1. The second kappa shape index (κ2) is 9.29. The minimum atomic E-state index is -1.64. The van der Waals surface area contributed by atoms with Gasteiger partial charge in [0.15, 0.2) is 6.04 Å². The number of nitrogens with zero attached hydrogens (tertiary/aromatic N) is 1. The highest BCUT2D eigenvalue weighted by Crippen LogP contribution is 2.17. The average molecular weight is 322 g/mol. The van der Waals surface area contributed by atoms with Crippen molar-refractivity contribution in [1.29, 1.82) is 0 Å². The van der Waals surface area contributed by atoms with Crippen LogP contribution in [0.4, 0.5) is 0 Å². The molecule has 124 valence electrons. The van der Waals surface area contributed by atoms with Crippen molar-refractivity contribution in [1.82, 2.24) is 5.32 Å². The summed E-state index contributed by atoms with van der Waals surface area (Å²) in [6, 6.07) is 5.02. The van der Waals surface area contributed by atoms with Crippen LogP contribution in [-0.4, -0.2) is 37.1 Å². The molecule has 0 fully saturated rings. The molecule has 1 amide bonds. The number of esters is 2. The van der Waals surface area contributed by atoms with Crippen molar-refractivity contribution in [3.05, 3.63) is 40.8 Å². The number of carbonyl (C=O) groups is 3. The minimum absolute atomic E-state index is 0.0264. The van der Waals surface area contributed by atoms with E-state index in [1.165, 1.54) is 12.1 Å². The summed E-state index contributed by atoms with van der Waals surface area (Å²) in [6.07, 6.45) is 0. The molecule has 0 aliphatic carbocycles. The Labute approximate surface area is 133 Å². The SMILES string of the molecule is CCOC(=O)C(NC(=O)C(N=O)c1ccccc1)C(=O)OCC. The number of hydrogen-bond donors (Lipinski definition) is 1. The third-order valence-corrected chi connectivity index (χ3v) is 2.80. The van der Waals surface area contributed by atoms with Gasteiger partial charge < -0.3 is 14.8 Å². The van der Waals surface area contributed by atoms with E-state index in [2.05, 4.69) is 10.5 Å². The quantitative estimate of drug-likeness (QED) is 0.436. The Kier molecular flexibility index (Phi) is 7.38. The molecular weight excluding hydrogens is 304 g/mol.